The molecule has 1 aromatic rings. The maximum atomic E-state index is 11.8. The monoisotopic (exact) mass is 291 g/mol. The summed E-state index contributed by atoms with van der Waals surface area (Å²) in [5.74, 6) is 1.57. The zero-order chi connectivity index (χ0) is 15.1. The summed E-state index contributed by atoms with van der Waals surface area (Å²) in [6.07, 6.45) is 2.52. The van der Waals surface area contributed by atoms with Crippen LogP contribution in [-0.2, 0) is 0 Å². The van der Waals surface area contributed by atoms with Gasteiger partial charge in [0.05, 0.1) is 7.11 Å². The quantitative estimate of drug-likeness (QED) is 0.876. The molecule has 0 unspecified atom stereocenters. The van der Waals surface area contributed by atoms with Crippen molar-refractivity contribution in [2.45, 2.75) is 19.8 Å². The van der Waals surface area contributed by atoms with Crippen LogP contribution in [0.25, 0.3) is 0 Å². The minimum Gasteiger partial charge on any atom is -0.497 e. The standard InChI is InChI=1S/C16H25N3O2/c1-13-6-9-19(10-7-13)11-8-17-16(20)18-14-4-3-5-15(12-14)21-2/h3-5,12-13H,6-11H2,1-2H3,(H2,17,18,20). The van der Waals surface area contributed by atoms with E-state index in [1.165, 1.54) is 12.8 Å². The number of rotatable bonds is 5. The Hall–Kier alpha value is -1.75. The van der Waals surface area contributed by atoms with Crippen LogP contribution in [0.15, 0.2) is 24.3 Å². The van der Waals surface area contributed by atoms with Gasteiger partial charge in [-0.1, -0.05) is 13.0 Å². The molecule has 0 saturated carbocycles. The van der Waals surface area contributed by atoms with Crippen molar-refractivity contribution in [1.82, 2.24) is 10.2 Å². The van der Waals surface area contributed by atoms with Crippen LogP contribution in [0.4, 0.5) is 10.5 Å². The number of anilines is 1. The second kappa shape index (κ2) is 7.88. The van der Waals surface area contributed by atoms with Crippen molar-refractivity contribution in [3.8, 4) is 5.75 Å². The summed E-state index contributed by atoms with van der Waals surface area (Å²) in [5.41, 5.74) is 0.735. The smallest absolute Gasteiger partial charge is 0.319 e. The molecule has 2 rings (SSSR count). The number of carbonyl (C=O) groups is 1. The number of amides is 2. The highest BCUT2D eigenvalue weighted by atomic mass is 16.5. The molecule has 2 amide bonds. The lowest BCUT2D eigenvalue weighted by Gasteiger charge is -2.30. The molecular weight excluding hydrogens is 266 g/mol. The normalized spacial score (nSPS) is 16.5. The highest BCUT2D eigenvalue weighted by Crippen LogP contribution is 2.16. The van der Waals surface area contributed by atoms with E-state index in [2.05, 4.69) is 22.5 Å². The summed E-state index contributed by atoms with van der Waals surface area (Å²) in [6.45, 7) is 6.17. The Morgan fingerprint density at radius 3 is 2.86 bits per heavy atom. The van der Waals surface area contributed by atoms with Crippen molar-refractivity contribution in [3.63, 3.8) is 0 Å². The number of nitrogens with one attached hydrogen (secondary N) is 2. The number of carbonyl (C=O) groups excluding carboxylic acids is 1. The molecule has 1 heterocycles. The Bertz CT molecular complexity index is 457. The lowest BCUT2D eigenvalue weighted by atomic mass is 9.99. The molecule has 0 spiro atoms. The number of benzene rings is 1. The molecule has 1 aliphatic rings. The van der Waals surface area contributed by atoms with Gasteiger partial charge >= 0.3 is 6.03 Å². The van der Waals surface area contributed by atoms with Crippen molar-refractivity contribution >= 4 is 11.7 Å². The van der Waals surface area contributed by atoms with E-state index in [4.69, 9.17) is 4.74 Å². The number of urea groups is 1. The van der Waals surface area contributed by atoms with Gasteiger partial charge in [-0.25, -0.2) is 4.79 Å². The van der Waals surface area contributed by atoms with Crippen molar-refractivity contribution in [3.05, 3.63) is 24.3 Å². The Kier molecular flexibility index (Phi) is 5.87. The van der Waals surface area contributed by atoms with Gasteiger partial charge < -0.3 is 20.3 Å². The summed E-state index contributed by atoms with van der Waals surface area (Å²) < 4.78 is 5.13. The third-order valence-corrected chi connectivity index (χ3v) is 3.92. The first-order valence-electron chi connectivity index (χ1n) is 7.58. The Morgan fingerprint density at radius 1 is 1.38 bits per heavy atom. The predicted molar refractivity (Wildman–Crippen MR) is 84.9 cm³/mol. The van der Waals surface area contributed by atoms with Crippen LogP contribution in [0, 0.1) is 5.92 Å². The molecule has 1 aliphatic heterocycles. The molecule has 0 aromatic heterocycles. The molecule has 1 fully saturated rings. The lowest BCUT2D eigenvalue weighted by Crippen LogP contribution is -2.40. The molecule has 116 valence electrons. The number of likely N-dealkylation sites (tertiary alicyclic amines) is 1. The number of nitrogens with zero attached hydrogens (tertiary/aromatic N) is 1. The van der Waals surface area contributed by atoms with Gasteiger partial charge in [0.2, 0.25) is 0 Å². The summed E-state index contributed by atoms with van der Waals surface area (Å²) >= 11 is 0. The van der Waals surface area contributed by atoms with Gasteiger partial charge in [-0.3, -0.25) is 0 Å². The average Bonchev–Trinajstić information content (AvgIpc) is 2.49. The maximum Gasteiger partial charge on any atom is 0.319 e. The van der Waals surface area contributed by atoms with Gasteiger partial charge in [0.15, 0.2) is 0 Å². The highest BCUT2D eigenvalue weighted by molar-refractivity contribution is 5.89. The van der Waals surface area contributed by atoms with Crippen molar-refractivity contribution in [1.29, 1.82) is 0 Å². The number of hydrogen-bond donors (Lipinski definition) is 2. The van der Waals surface area contributed by atoms with Crippen LogP contribution in [0.5, 0.6) is 5.75 Å². The third-order valence-electron chi connectivity index (χ3n) is 3.92. The summed E-state index contributed by atoms with van der Waals surface area (Å²) in [7, 11) is 1.61. The second-order valence-corrected chi connectivity index (χ2v) is 5.64. The molecule has 21 heavy (non-hydrogen) atoms. The fraction of sp³-hybridized carbons (Fsp3) is 0.562. The van der Waals surface area contributed by atoms with E-state index in [1.807, 2.05) is 18.2 Å². The zero-order valence-electron chi connectivity index (χ0n) is 12.9. The van der Waals surface area contributed by atoms with E-state index < -0.39 is 0 Å². The van der Waals surface area contributed by atoms with Gasteiger partial charge in [-0.15, -0.1) is 0 Å². The largest absolute Gasteiger partial charge is 0.497 e. The fourth-order valence-corrected chi connectivity index (χ4v) is 2.49. The summed E-state index contributed by atoms with van der Waals surface area (Å²) in [5, 5.41) is 5.71. The molecule has 5 heteroatoms. The van der Waals surface area contributed by atoms with E-state index in [0.717, 1.165) is 37.0 Å². The molecule has 0 radical (unpaired) electrons. The Morgan fingerprint density at radius 2 is 2.14 bits per heavy atom. The van der Waals surface area contributed by atoms with E-state index >= 15 is 0 Å². The predicted octanol–water partition coefficient (Wildman–Crippen LogP) is 2.55. The van der Waals surface area contributed by atoms with E-state index in [0.29, 0.717) is 6.54 Å². The van der Waals surface area contributed by atoms with Crippen LogP contribution in [0.1, 0.15) is 19.8 Å². The number of piperidine rings is 1. The minimum atomic E-state index is -0.173. The van der Waals surface area contributed by atoms with E-state index in [-0.39, 0.29) is 6.03 Å². The Labute approximate surface area is 126 Å². The van der Waals surface area contributed by atoms with Gasteiger partial charge in [-0.2, -0.15) is 0 Å². The van der Waals surface area contributed by atoms with E-state index in [9.17, 15) is 4.79 Å². The molecular formula is C16H25N3O2. The maximum absolute atomic E-state index is 11.8. The fourth-order valence-electron chi connectivity index (χ4n) is 2.49. The average molecular weight is 291 g/mol. The summed E-state index contributed by atoms with van der Waals surface area (Å²) in [6, 6.07) is 7.16. The van der Waals surface area contributed by atoms with Crippen LogP contribution >= 0.6 is 0 Å². The second-order valence-electron chi connectivity index (χ2n) is 5.64. The molecule has 1 saturated heterocycles. The van der Waals surface area contributed by atoms with E-state index in [1.54, 1.807) is 13.2 Å². The van der Waals surface area contributed by atoms with Gasteiger partial charge in [0.1, 0.15) is 5.75 Å². The van der Waals surface area contributed by atoms with Crippen LogP contribution in [0.3, 0.4) is 0 Å². The first-order chi connectivity index (χ1) is 10.2. The van der Waals surface area contributed by atoms with Crippen LogP contribution in [0.2, 0.25) is 0 Å². The van der Waals surface area contributed by atoms with Crippen molar-refractivity contribution in [2.24, 2.45) is 5.92 Å². The van der Waals surface area contributed by atoms with Crippen LogP contribution in [-0.4, -0.2) is 44.2 Å². The highest BCUT2D eigenvalue weighted by Gasteiger charge is 2.15. The lowest BCUT2D eigenvalue weighted by molar-refractivity contribution is 0.192. The number of methoxy groups -OCH3 is 1. The number of hydrogen-bond acceptors (Lipinski definition) is 3. The minimum absolute atomic E-state index is 0.173. The molecule has 0 atom stereocenters. The first kappa shape index (κ1) is 15.6. The molecule has 0 aliphatic carbocycles. The van der Waals surface area contributed by atoms with Gasteiger partial charge in [-0.05, 0) is 44.0 Å². The SMILES string of the molecule is COc1cccc(NC(=O)NCCN2CCC(C)CC2)c1. The number of ether oxygens (including phenoxy) is 1. The third kappa shape index (κ3) is 5.27. The summed E-state index contributed by atoms with van der Waals surface area (Å²) in [4.78, 5) is 14.2. The van der Waals surface area contributed by atoms with Gasteiger partial charge in [0.25, 0.3) is 0 Å². The molecule has 5 nitrogen and oxygen atoms in total. The molecule has 2 N–H and O–H groups in total. The zero-order valence-corrected chi connectivity index (χ0v) is 12.9. The van der Waals surface area contributed by atoms with Crippen molar-refractivity contribution < 1.29 is 9.53 Å². The Balaban J connectivity index is 1.67. The molecule has 1 aromatic carbocycles. The van der Waals surface area contributed by atoms with Gasteiger partial charge in [0, 0.05) is 24.8 Å². The van der Waals surface area contributed by atoms with Crippen LogP contribution < -0.4 is 15.4 Å². The first-order valence-corrected chi connectivity index (χ1v) is 7.58. The topological polar surface area (TPSA) is 53.6 Å². The molecule has 0 bridgehead atoms. The van der Waals surface area contributed by atoms with Crippen molar-refractivity contribution in [2.75, 3.05) is 38.6 Å².